The Balaban J connectivity index is 1.51. The van der Waals surface area contributed by atoms with Crippen molar-refractivity contribution in [1.29, 1.82) is 0 Å². The topological polar surface area (TPSA) is 88.4 Å². The Morgan fingerprint density at radius 1 is 1.20 bits per heavy atom. The molecular formula is C22H21ClFN5O3S3. The van der Waals surface area contributed by atoms with Gasteiger partial charge in [-0.05, 0) is 43.2 Å². The zero-order chi connectivity index (χ0) is 24.6. The summed E-state index contributed by atoms with van der Waals surface area (Å²) in [4.78, 5) is 19.8. The van der Waals surface area contributed by atoms with Crippen LogP contribution in [0.4, 0.5) is 9.52 Å². The fourth-order valence-corrected chi connectivity index (χ4v) is 8.40. The van der Waals surface area contributed by atoms with Gasteiger partial charge in [-0.1, -0.05) is 35.4 Å². The van der Waals surface area contributed by atoms with Crippen LogP contribution in [0.25, 0.3) is 10.2 Å². The van der Waals surface area contributed by atoms with Gasteiger partial charge in [0.05, 0.1) is 15.6 Å². The molecule has 184 valence electrons. The molecule has 35 heavy (non-hydrogen) atoms. The lowest BCUT2D eigenvalue weighted by molar-refractivity contribution is -0.123. The molecule has 1 unspecified atom stereocenters. The van der Waals surface area contributed by atoms with Gasteiger partial charge < -0.3 is 0 Å². The molecule has 0 aliphatic carbocycles. The van der Waals surface area contributed by atoms with Crippen molar-refractivity contribution in [2.75, 3.05) is 18.0 Å². The highest BCUT2D eigenvalue weighted by atomic mass is 35.5. The minimum atomic E-state index is -3.92. The molecule has 1 fully saturated rings. The number of rotatable bonds is 7. The molecule has 0 bridgehead atoms. The summed E-state index contributed by atoms with van der Waals surface area (Å²) in [5.74, 6) is -0.858. The number of thiazole rings is 1. The standard InChI is InChI=1S/C22H21ClFN5O3S3/c23-18-8-9-19(34-18)35(31,32)29-12-2-1-6-16(29)21(30)28(14-13-27-11-4-10-25-27)22-26-20-15(24)5-3-7-17(20)33-22/h3-5,7-11,16H,1-2,6,12-14H2. The van der Waals surface area contributed by atoms with E-state index in [2.05, 4.69) is 10.1 Å². The predicted molar refractivity (Wildman–Crippen MR) is 135 cm³/mol. The van der Waals surface area contributed by atoms with Gasteiger partial charge in [0.15, 0.2) is 5.13 Å². The number of sulfonamides is 1. The summed E-state index contributed by atoms with van der Waals surface area (Å²) in [6.45, 7) is 0.810. The van der Waals surface area contributed by atoms with Crippen molar-refractivity contribution in [3.8, 4) is 0 Å². The fourth-order valence-electron chi connectivity index (χ4n) is 4.13. The van der Waals surface area contributed by atoms with E-state index in [-0.39, 0.29) is 28.7 Å². The summed E-state index contributed by atoms with van der Waals surface area (Å²) in [5, 5.41) is 4.51. The number of anilines is 1. The second-order valence-corrected chi connectivity index (χ2v) is 12.9. The van der Waals surface area contributed by atoms with Gasteiger partial charge in [-0.25, -0.2) is 17.8 Å². The number of halogens is 2. The number of thiophene rings is 1. The Labute approximate surface area is 214 Å². The number of para-hydroxylation sites is 1. The van der Waals surface area contributed by atoms with Gasteiger partial charge >= 0.3 is 0 Å². The molecule has 1 saturated heterocycles. The van der Waals surface area contributed by atoms with E-state index in [0.29, 0.717) is 33.6 Å². The molecule has 1 atom stereocenters. The summed E-state index contributed by atoms with van der Waals surface area (Å²) < 4.78 is 45.3. The Morgan fingerprint density at radius 2 is 2.06 bits per heavy atom. The molecule has 1 aliphatic heterocycles. The molecule has 8 nitrogen and oxygen atoms in total. The van der Waals surface area contributed by atoms with Crippen LogP contribution < -0.4 is 4.90 Å². The fraction of sp³-hybridized carbons (Fsp3) is 0.318. The predicted octanol–water partition coefficient (Wildman–Crippen LogP) is 4.62. The number of carbonyl (C=O) groups excluding carboxylic acids is 1. The minimum Gasteiger partial charge on any atom is -0.285 e. The number of hydrogen-bond acceptors (Lipinski definition) is 7. The van der Waals surface area contributed by atoms with Crippen molar-refractivity contribution in [3.63, 3.8) is 0 Å². The van der Waals surface area contributed by atoms with Crippen molar-refractivity contribution in [3.05, 3.63) is 58.9 Å². The maximum Gasteiger partial charge on any atom is 0.253 e. The van der Waals surface area contributed by atoms with E-state index in [1.165, 1.54) is 38.7 Å². The average Bonchev–Trinajstić information content (AvgIpc) is 3.61. The van der Waals surface area contributed by atoms with Gasteiger partial charge in [-0.3, -0.25) is 14.4 Å². The average molecular weight is 554 g/mol. The van der Waals surface area contributed by atoms with E-state index in [1.54, 1.807) is 35.3 Å². The van der Waals surface area contributed by atoms with E-state index >= 15 is 0 Å². The van der Waals surface area contributed by atoms with Crippen molar-refractivity contribution in [1.82, 2.24) is 19.1 Å². The quantitative estimate of drug-likeness (QED) is 0.333. The second kappa shape index (κ2) is 9.94. The molecule has 1 amide bonds. The zero-order valence-corrected chi connectivity index (χ0v) is 21.6. The van der Waals surface area contributed by atoms with Crippen LogP contribution in [0.3, 0.4) is 0 Å². The third-order valence-corrected chi connectivity index (χ3v) is 10.5. The SMILES string of the molecule is O=C(C1CCCCN1S(=O)(=O)c1ccc(Cl)s1)N(CCn1cccn1)c1nc2c(F)cccc2s1. The zero-order valence-electron chi connectivity index (χ0n) is 18.4. The molecule has 0 spiro atoms. The molecule has 4 heterocycles. The molecule has 3 aromatic heterocycles. The number of aromatic nitrogens is 3. The smallest absolute Gasteiger partial charge is 0.253 e. The number of amides is 1. The monoisotopic (exact) mass is 553 g/mol. The van der Waals surface area contributed by atoms with Gasteiger partial charge in [0, 0.05) is 25.5 Å². The van der Waals surface area contributed by atoms with Crippen molar-refractivity contribution >= 4 is 65.6 Å². The molecule has 13 heteroatoms. The van der Waals surface area contributed by atoms with E-state index in [1.807, 2.05) is 0 Å². The summed E-state index contributed by atoms with van der Waals surface area (Å²) in [6, 6.07) is 8.54. The highest BCUT2D eigenvalue weighted by molar-refractivity contribution is 7.91. The number of fused-ring (bicyclic) bond motifs is 1. The number of benzene rings is 1. The van der Waals surface area contributed by atoms with Crippen LogP contribution in [0, 0.1) is 5.82 Å². The van der Waals surface area contributed by atoms with Crippen LogP contribution >= 0.6 is 34.3 Å². The highest BCUT2D eigenvalue weighted by Gasteiger charge is 2.41. The maximum absolute atomic E-state index is 14.4. The molecular weight excluding hydrogens is 533 g/mol. The van der Waals surface area contributed by atoms with Gasteiger partial charge in [-0.2, -0.15) is 9.40 Å². The van der Waals surface area contributed by atoms with Crippen LogP contribution in [0.2, 0.25) is 4.34 Å². The second-order valence-electron chi connectivity index (χ2n) is 8.03. The molecule has 4 aromatic rings. The summed E-state index contributed by atoms with van der Waals surface area (Å²) in [6.07, 6.45) is 5.17. The van der Waals surface area contributed by atoms with Gasteiger partial charge in [-0.15, -0.1) is 11.3 Å². The third kappa shape index (κ3) is 4.85. The first-order valence-electron chi connectivity index (χ1n) is 11.0. The Bertz CT molecular complexity index is 1450. The largest absolute Gasteiger partial charge is 0.285 e. The van der Waals surface area contributed by atoms with Gasteiger partial charge in [0.25, 0.3) is 10.0 Å². The number of hydrogen-bond donors (Lipinski definition) is 0. The first-order chi connectivity index (χ1) is 16.8. The highest BCUT2D eigenvalue weighted by Crippen LogP contribution is 2.35. The maximum atomic E-state index is 14.4. The van der Waals surface area contributed by atoms with E-state index < -0.39 is 21.9 Å². The minimum absolute atomic E-state index is 0.104. The molecule has 0 radical (unpaired) electrons. The van der Waals surface area contributed by atoms with Crippen LogP contribution in [0.5, 0.6) is 0 Å². The molecule has 0 saturated carbocycles. The van der Waals surface area contributed by atoms with Crippen LogP contribution in [0.1, 0.15) is 19.3 Å². The number of nitrogens with zero attached hydrogens (tertiary/aromatic N) is 5. The molecule has 0 N–H and O–H groups in total. The van der Waals surface area contributed by atoms with E-state index in [9.17, 15) is 17.6 Å². The molecule has 1 aromatic carbocycles. The lowest BCUT2D eigenvalue weighted by Gasteiger charge is -2.35. The first kappa shape index (κ1) is 24.3. The van der Waals surface area contributed by atoms with Crippen LogP contribution in [-0.2, 0) is 21.4 Å². The lowest BCUT2D eigenvalue weighted by atomic mass is 10.0. The number of piperidine rings is 1. The van der Waals surface area contributed by atoms with Crippen molar-refractivity contribution in [2.24, 2.45) is 0 Å². The molecule has 5 rings (SSSR count). The summed E-state index contributed by atoms with van der Waals surface area (Å²) in [5.41, 5.74) is 0.186. The van der Waals surface area contributed by atoms with E-state index in [4.69, 9.17) is 11.6 Å². The third-order valence-electron chi connectivity index (χ3n) is 5.82. The van der Waals surface area contributed by atoms with Crippen molar-refractivity contribution < 1.29 is 17.6 Å². The Hall–Kier alpha value is -2.38. The normalized spacial score (nSPS) is 17.1. The van der Waals surface area contributed by atoms with Gasteiger partial charge in [0.2, 0.25) is 5.91 Å². The summed E-state index contributed by atoms with van der Waals surface area (Å²) >= 11 is 8.16. The first-order valence-corrected chi connectivity index (χ1v) is 14.4. The molecule has 1 aliphatic rings. The van der Waals surface area contributed by atoms with Gasteiger partial charge in [0.1, 0.15) is 21.6 Å². The number of carbonyl (C=O) groups is 1. The summed E-state index contributed by atoms with van der Waals surface area (Å²) in [7, 11) is -3.92. The lowest BCUT2D eigenvalue weighted by Crippen LogP contribution is -2.53. The van der Waals surface area contributed by atoms with Crippen LogP contribution in [-0.4, -0.2) is 52.5 Å². The Morgan fingerprint density at radius 3 is 2.77 bits per heavy atom. The van der Waals surface area contributed by atoms with Crippen LogP contribution in [0.15, 0.2) is 53.0 Å². The van der Waals surface area contributed by atoms with E-state index in [0.717, 1.165) is 17.8 Å². The van der Waals surface area contributed by atoms with Crippen molar-refractivity contribution in [2.45, 2.75) is 36.1 Å². The Kier molecular flexibility index (Phi) is 6.91.